The van der Waals surface area contributed by atoms with Crippen molar-refractivity contribution in [1.29, 1.82) is 0 Å². The number of carboxylic acids is 1. The minimum atomic E-state index is -1.43. The number of benzene rings is 1. The average Bonchev–Trinajstić information content (AvgIpc) is 2.78. The molecule has 0 saturated heterocycles. The molecule has 0 spiro atoms. The number of carboxylic acid groups (broad SMARTS) is 1. The molecule has 6 atom stereocenters. The quantitative estimate of drug-likeness (QED) is 0.185. The average molecular weight is 483 g/mol. The molecule has 1 rings (SSSR count). The number of carbonyl (C=O) groups is 4. The Balaban J connectivity index is 2.81. The van der Waals surface area contributed by atoms with Gasteiger partial charge in [-0.3, -0.25) is 14.4 Å². The summed E-state index contributed by atoms with van der Waals surface area (Å²) in [4.78, 5) is 49.3. The zero-order valence-corrected chi connectivity index (χ0v) is 19.9. The number of carbonyl (C=O) groups excluding carboxylic acids is 3. The number of amides is 3. The van der Waals surface area contributed by atoms with Crippen LogP contribution in [-0.2, 0) is 25.6 Å². The maximum Gasteiger partial charge on any atom is 0.326 e. The fourth-order valence-electron chi connectivity index (χ4n) is 3.02. The molecule has 33 heavy (non-hydrogen) atoms. The Morgan fingerprint density at radius 3 is 2.03 bits per heavy atom. The third kappa shape index (κ3) is 9.03. The van der Waals surface area contributed by atoms with Crippen LogP contribution in [0.25, 0.3) is 0 Å². The first kappa shape index (κ1) is 28.4. The lowest BCUT2D eigenvalue weighted by Gasteiger charge is -2.27. The van der Waals surface area contributed by atoms with Gasteiger partial charge in [-0.25, -0.2) is 4.79 Å². The maximum atomic E-state index is 12.7. The zero-order chi connectivity index (χ0) is 25.1. The summed E-state index contributed by atoms with van der Waals surface area (Å²) in [5.74, 6) is -3.87. The van der Waals surface area contributed by atoms with Crippen LogP contribution in [0.3, 0.4) is 0 Å². The van der Waals surface area contributed by atoms with Crippen molar-refractivity contribution in [2.75, 3.05) is 5.75 Å². The van der Waals surface area contributed by atoms with Gasteiger partial charge in [-0.05, 0) is 24.8 Å². The molecule has 6 unspecified atom stereocenters. The number of hydrogen-bond donors (Lipinski definition) is 7. The van der Waals surface area contributed by atoms with Gasteiger partial charge < -0.3 is 31.9 Å². The maximum absolute atomic E-state index is 12.7. The number of aliphatic hydroxyl groups is 1. The van der Waals surface area contributed by atoms with Gasteiger partial charge in [-0.1, -0.05) is 50.6 Å². The molecule has 10 nitrogen and oxygen atoms in total. The van der Waals surface area contributed by atoms with Gasteiger partial charge in [0, 0.05) is 5.75 Å². The third-order valence-corrected chi connectivity index (χ3v) is 5.66. The summed E-state index contributed by atoms with van der Waals surface area (Å²) in [6, 6.07) is 4.48. The number of aliphatic carboxylic acids is 1. The van der Waals surface area contributed by atoms with Crippen LogP contribution in [0, 0.1) is 5.92 Å². The predicted octanol–water partition coefficient (Wildman–Crippen LogP) is -0.548. The number of aliphatic hydroxyl groups excluding tert-OH is 1. The van der Waals surface area contributed by atoms with E-state index in [-0.39, 0.29) is 18.1 Å². The molecule has 0 aliphatic carbocycles. The summed E-state index contributed by atoms with van der Waals surface area (Å²) in [6.07, 6.45) is -0.560. The van der Waals surface area contributed by atoms with E-state index in [2.05, 4.69) is 28.6 Å². The molecule has 0 bridgehead atoms. The highest BCUT2D eigenvalue weighted by atomic mass is 32.1. The lowest BCUT2D eigenvalue weighted by Crippen LogP contribution is -2.60. The van der Waals surface area contributed by atoms with E-state index in [9.17, 15) is 29.4 Å². The van der Waals surface area contributed by atoms with Gasteiger partial charge in [0.1, 0.15) is 18.1 Å². The number of thiol groups is 1. The van der Waals surface area contributed by atoms with Crippen molar-refractivity contribution in [2.24, 2.45) is 11.7 Å². The monoisotopic (exact) mass is 482 g/mol. The first-order valence-corrected chi connectivity index (χ1v) is 11.4. The van der Waals surface area contributed by atoms with Crippen LogP contribution >= 0.6 is 12.6 Å². The Labute approximate surface area is 199 Å². The second kappa shape index (κ2) is 13.8. The van der Waals surface area contributed by atoms with Crippen molar-refractivity contribution in [3.05, 3.63) is 35.9 Å². The van der Waals surface area contributed by atoms with Gasteiger partial charge in [0.2, 0.25) is 17.7 Å². The SMILES string of the molecule is CCC(C)C(NC(=O)C(NC(=O)C(CS)NC(=O)C(N)Cc1ccccc1)C(C)O)C(=O)O. The van der Waals surface area contributed by atoms with Crippen LogP contribution < -0.4 is 21.7 Å². The van der Waals surface area contributed by atoms with Crippen molar-refractivity contribution >= 4 is 36.3 Å². The Kier molecular flexibility index (Phi) is 11.9. The first-order chi connectivity index (χ1) is 15.5. The van der Waals surface area contributed by atoms with Gasteiger partial charge in [0.05, 0.1) is 12.1 Å². The Morgan fingerprint density at radius 2 is 1.55 bits per heavy atom. The molecule has 0 aliphatic heterocycles. The Morgan fingerprint density at radius 1 is 0.970 bits per heavy atom. The molecule has 184 valence electrons. The molecular weight excluding hydrogens is 448 g/mol. The van der Waals surface area contributed by atoms with Crippen LogP contribution in [0.5, 0.6) is 0 Å². The predicted molar refractivity (Wildman–Crippen MR) is 127 cm³/mol. The highest BCUT2D eigenvalue weighted by Gasteiger charge is 2.33. The lowest BCUT2D eigenvalue weighted by molar-refractivity contribution is -0.144. The second-order valence-electron chi connectivity index (χ2n) is 7.98. The van der Waals surface area contributed by atoms with Crippen molar-refractivity contribution < 1.29 is 29.4 Å². The number of nitrogens with one attached hydrogen (secondary N) is 3. The second-order valence-corrected chi connectivity index (χ2v) is 8.34. The van der Waals surface area contributed by atoms with Crippen LogP contribution in [-0.4, -0.2) is 69.9 Å². The van der Waals surface area contributed by atoms with Crippen molar-refractivity contribution in [3.8, 4) is 0 Å². The van der Waals surface area contributed by atoms with Gasteiger partial charge >= 0.3 is 5.97 Å². The van der Waals surface area contributed by atoms with Gasteiger partial charge in [0.15, 0.2) is 0 Å². The molecule has 1 aromatic rings. The van der Waals surface area contributed by atoms with Crippen LogP contribution in [0.4, 0.5) is 0 Å². The van der Waals surface area contributed by atoms with Crippen LogP contribution in [0.1, 0.15) is 32.8 Å². The molecule has 0 saturated carbocycles. The summed E-state index contributed by atoms with van der Waals surface area (Å²) in [6.45, 7) is 4.73. The molecule has 0 aliphatic rings. The van der Waals surface area contributed by atoms with E-state index in [0.717, 1.165) is 5.56 Å². The van der Waals surface area contributed by atoms with Crippen molar-refractivity contribution in [1.82, 2.24) is 16.0 Å². The number of nitrogens with two attached hydrogens (primary N) is 1. The van der Waals surface area contributed by atoms with E-state index in [4.69, 9.17) is 5.73 Å². The lowest BCUT2D eigenvalue weighted by atomic mass is 9.98. The standard InChI is InChI=1S/C22H34N4O6S/c1-4-12(2)17(22(31)32)25-21(30)18(13(3)27)26-20(29)16(11-33)24-19(28)15(23)10-14-8-6-5-7-9-14/h5-9,12-13,15-18,27,33H,4,10-11,23H2,1-3H3,(H,24,28)(H,25,30)(H,26,29)(H,31,32). The topological polar surface area (TPSA) is 171 Å². The molecule has 3 amide bonds. The zero-order valence-electron chi connectivity index (χ0n) is 19.0. The van der Waals surface area contributed by atoms with Crippen LogP contribution in [0.2, 0.25) is 0 Å². The van der Waals surface area contributed by atoms with Crippen molar-refractivity contribution in [3.63, 3.8) is 0 Å². The molecule has 0 aromatic heterocycles. The largest absolute Gasteiger partial charge is 0.480 e. The summed E-state index contributed by atoms with van der Waals surface area (Å²) in [7, 11) is 0. The normalized spacial score (nSPS) is 16.4. The van der Waals surface area contributed by atoms with Crippen LogP contribution in [0.15, 0.2) is 30.3 Å². The molecule has 11 heteroatoms. The molecule has 1 aromatic carbocycles. The van der Waals surface area contributed by atoms with E-state index in [1.165, 1.54) is 6.92 Å². The highest BCUT2D eigenvalue weighted by Crippen LogP contribution is 2.09. The molecule has 0 fully saturated rings. The van der Waals surface area contributed by atoms with Gasteiger partial charge in [-0.2, -0.15) is 12.6 Å². The van der Waals surface area contributed by atoms with Gasteiger partial charge in [-0.15, -0.1) is 0 Å². The first-order valence-electron chi connectivity index (χ1n) is 10.7. The molecule has 0 heterocycles. The minimum absolute atomic E-state index is 0.0889. The van der Waals surface area contributed by atoms with E-state index in [1.807, 2.05) is 30.3 Å². The summed E-state index contributed by atoms with van der Waals surface area (Å²) in [5.41, 5.74) is 6.80. The Hall–Kier alpha value is -2.63. The van der Waals surface area contributed by atoms with Gasteiger partial charge in [0.25, 0.3) is 0 Å². The smallest absolute Gasteiger partial charge is 0.326 e. The van der Waals surface area contributed by atoms with E-state index in [0.29, 0.717) is 6.42 Å². The van der Waals surface area contributed by atoms with E-state index >= 15 is 0 Å². The number of rotatable bonds is 13. The fraction of sp³-hybridized carbons (Fsp3) is 0.545. The van der Waals surface area contributed by atoms with Crippen molar-refractivity contribution in [2.45, 2.75) is 63.9 Å². The van der Waals surface area contributed by atoms with E-state index < -0.39 is 54.0 Å². The fourth-order valence-corrected chi connectivity index (χ4v) is 3.28. The summed E-state index contributed by atoms with van der Waals surface area (Å²) >= 11 is 4.09. The summed E-state index contributed by atoms with van der Waals surface area (Å²) < 4.78 is 0. The highest BCUT2D eigenvalue weighted by molar-refractivity contribution is 7.80. The summed E-state index contributed by atoms with van der Waals surface area (Å²) in [5, 5.41) is 26.6. The molecular formula is C22H34N4O6S. The molecule has 7 N–H and O–H groups in total. The van der Waals surface area contributed by atoms with E-state index in [1.54, 1.807) is 13.8 Å². The molecule has 0 radical (unpaired) electrons. The third-order valence-electron chi connectivity index (χ3n) is 5.29. The Bertz CT molecular complexity index is 807. The number of hydrogen-bond acceptors (Lipinski definition) is 7. The minimum Gasteiger partial charge on any atom is -0.480 e.